The van der Waals surface area contributed by atoms with Crippen LogP contribution in [0, 0.1) is 0 Å². The molecule has 0 aliphatic carbocycles. The molecule has 28 heavy (non-hydrogen) atoms. The predicted molar refractivity (Wildman–Crippen MR) is 111 cm³/mol. The molecule has 4 rings (SSSR count). The summed E-state index contributed by atoms with van der Waals surface area (Å²) in [5.41, 5.74) is 3.44. The summed E-state index contributed by atoms with van der Waals surface area (Å²) in [5.74, 6) is 0.684. The Morgan fingerprint density at radius 2 is 2.00 bits per heavy atom. The maximum atomic E-state index is 12.6. The van der Waals surface area contributed by atoms with Crippen molar-refractivity contribution in [3.05, 3.63) is 70.9 Å². The van der Waals surface area contributed by atoms with Gasteiger partial charge < -0.3 is 4.74 Å². The molecule has 0 N–H and O–H groups in total. The van der Waals surface area contributed by atoms with Gasteiger partial charge in [-0.25, -0.2) is 9.99 Å². The van der Waals surface area contributed by atoms with E-state index in [1.165, 1.54) is 0 Å². The van der Waals surface area contributed by atoms with Crippen molar-refractivity contribution in [3.63, 3.8) is 0 Å². The van der Waals surface area contributed by atoms with Gasteiger partial charge in [-0.1, -0.05) is 48.9 Å². The van der Waals surface area contributed by atoms with Gasteiger partial charge in [-0.2, -0.15) is 5.10 Å². The van der Waals surface area contributed by atoms with Crippen LogP contribution < -0.4 is 4.74 Å². The quantitative estimate of drug-likeness (QED) is 0.587. The highest BCUT2D eigenvalue weighted by Crippen LogP contribution is 2.37. The Kier molecular flexibility index (Phi) is 5.01. The number of fused-ring (bicyclic) bond motifs is 1. The number of carbonyl (C=O) groups excluding carboxylic acids is 1. The van der Waals surface area contributed by atoms with E-state index >= 15 is 0 Å². The molecule has 3 aromatic rings. The highest BCUT2D eigenvalue weighted by atomic mass is 35.5. The van der Waals surface area contributed by atoms with Gasteiger partial charge in [0.05, 0.1) is 24.4 Å². The second-order valence-corrected chi connectivity index (χ2v) is 7.01. The molecule has 2 aromatic carbocycles. The molecule has 0 radical (unpaired) electrons. The van der Waals surface area contributed by atoms with E-state index in [0.29, 0.717) is 18.0 Å². The molecule has 0 fully saturated rings. The Hall–Kier alpha value is -2.92. The molecule has 1 amide bonds. The first-order chi connectivity index (χ1) is 13.6. The average Bonchev–Trinajstić information content (AvgIpc) is 3.18. The molecule has 1 aliphatic rings. The summed E-state index contributed by atoms with van der Waals surface area (Å²) in [6, 6.07) is 17.3. The molecule has 1 aliphatic heterocycles. The number of aromatic nitrogens is 1. The van der Waals surface area contributed by atoms with Crippen LogP contribution in [0.5, 0.6) is 5.75 Å². The number of pyridine rings is 1. The minimum atomic E-state index is -0.269. The lowest BCUT2D eigenvalue weighted by Crippen LogP contribution is -2.26. The van der Waals surface area contributed by atoms with E-state index in [2.05, 4.69) is 10.1 Å². The lowest BCUT2D eigenvalue weighted by molar-refractivity contribution is -0.132. The summed E-state index contributed by atoms with van der Waals surface area (Å²) in [6.07, 6.45) is 0.969. The molecule has 0 bridgehead atoms. The fourth-order valence-corrected chi connectivity index (χ4v) is 3.72. The van der Waals surface area contributed by atoms with Gasteiger partial charge in [0.2, 0.25) is 5.91 Å². The monoisotopic (exact) mass is 393 g/mol. The summed E-state index contributed by atoms with van der Waals surface area (Å²) in [6.45, 7) is 1.84. The maximum Gasteiger partial charge on any atom is 0.242 e. The predicted octanol–water partition coefficient (Wildman–Crippen LogP) is 4.98. The van der Waals surface area contributed by atoms with Crippen molar-refractivity contribution >= 4 is 34.1 Å². The Morgan fingerprint density at radius 1 is 1.21 bits per heavy atom. The molecular weight excluding hydrogens is 374 g/mol. The smallest absolute Gasteiger partial charge is 0.242 e. The van der Waals surface area contributed by atoms with Crippen LogP contribution in [0.3, 0.4) is 0 Å². The van der Waals surface area contributed by atoms with Crippen LogP contribution in [0.1, 0.15) is 36.9 Å². The minimum absolute atomic E-state index is 0.0400. The first kappa shape index (κ1) is 18.4. The van der Waals surface area contributed by atoms with E-state index in [1.54, 1.807) is 12.1 Å². The van der Waals surface area contributed by atoms with Crippen molar-refractivity contribution in [1.29, 1.82) is 0 Å². The van der Waals surface area contributed by atoms with Gasteiger partial charge in [-0.05, 0) is 23.8 Å². The second-order valence-electron chi connectivity index (χ2n) is 6.65. The zero-order valence-corrected chi connectivity index (χ0v) is 16.5. The number of amides is 1. The molecule has 1 atom stereocenters. The number of hydrazone groups is 1. The van der Waals surface area contributed by atoms with Crippen LogP contribution in [0.25, 0.3) is 10.9 Å². The third-order valence-corrected chi connectivity index (χ3v) is 5.24. The zero-order chi connectivity index (χ0) is 19.7. The van der Waals surface area contributed by atoms with E-state index in [1.807, 2.05) is 61.5 Å². The Labute approximate surface area is 168 Å². The number of nitrogens with zero attached hydrogens (tertiary/aromatic N) is 3. The van der Waals surface area contributed by atoms with Crippen molar-refractivity contribution in [3.8, 4) is 5.75 Å². The molecule has 0 saturated heterocycles. The normalized spacial score (nSPS) is 16.3. The van der Waals surface area contributed by atoms with Gasteiger partial charge in [-0.15, -0.1) is 0 Å². The van der Waals surface area contributed by atoms with Gasteiger partial charge in [0.1, 0.15) is 10.9 Å². The van der Waals surface area contributed by atoms with Crippen molar-refractivity contribution in [2.24, 2.45) is 5.10 Å². The molecule has 0 saturated carbocycles. The number of methoxy groups -OCH3 is 1. The van der Waals surface area contributed by atoms with Gasteiger partial charge >= 0.3 is 0 Å². The van der Waals surface area contributed by atoms with Crippen molar-refractivity contribution in [2.45, 2.75) is 25.8 Å². The summed E-state index contributed by atoms with van der Waals surface area (Å²) in [7, 11) is 1.62. The number of ether oxygens (including phenoxy) is 1. The third kappa shape index (κ3) is 3.34. The topological polar surface area (TPSA) is 54.8 Å². The zero-order valence-electron chi connectivity index (χ0n) is 15.7. The summed E-state index contributed by atoms with van der Waals surface area (Å²) < 4.78 is 5.26. The largest absolute Gasteiger partial charge is 0.497 e. The highest BCUT2D eigenvalue weighted by Gasteiger charge is 2.34. The van der Waals surface area contributed by atoms with Crippen molar-refractivity contribution < 1.29 is 9.53 Å². The molecule has 142 valence electrons. The Morgan fingerprint density at radius 3 is 2.71 bits per heavy atom. The molecule has 0 spiro atoms. The lowest BCUT2D eigenvalue weighted by atomic mass is 9.98. The number of rotatable bonds is 4. The molecule has 5 nitrogen and oxygen atoms in total. The molecule has 1 aromatic heterocycles. The lowest BCUT2D eigenvalue weighted by Gasteiger charge is -2.22. The minimum Gasteiger partial charge on any atom is -0.497 e. The first-order valence-electron chi connectivity index (χ1n) is 9.20. The van der Waals surface area contributed by atoms with Crippen LogP contribution >= 0.6 is 11.6 Å². The number of hydrogen-bond donors (Lipinski definition) is 0. The van der Waals surface area contributed by atoms with Gasteiger partial charge in [0, 0.05) is 29.9 Å². The Bertz CT molecular complexity index is 1070. The summed E-state index contributed by atoms with van der Waals surface area (Å²) in [5, 5.41) is 7.51. The second kappa shape index (κ2) is 7.60. The molecule has 6 heteroatoms. The van der Waals surface area contributed by atoms with E-state index < -0.39 is 0 Å². The van der Waals surface area contributed by atoms with E-state index in [4.69, 9.17) is 16.3 Å². The molecule has 2 heterocycles. The van der Waals surface area contributed by atoms with Crippen molar-refractivity contribution in [2.75, 3.05) is 7.11 Å². The van der Waals surface area contributed by atoms with Gasteiger partial charge in [0.25, 0.3) is 0 Å². The third-order valence-electron chi connectivity index (χ3n) is 4.94. The van der Waals surface area contributed by atoms with Crippen LogP contribution in [-0.4, -0.2) is 28.7 Å². The molecule has 1 unspecified atom stereocenters. The maximum absolute atomic E-state index is 12.6. The number of benzene rings is 2. The van der Waals surface area contributed by atoms with Crippen LogP contribution in [0.4, 0.5) is 0 Å². The van der Waals surface area contributed by atoms with E-state index in [0.717, 1.165) is 33.5 Å². The highest BCUT2D eigenvalue weighted by molar-refractivity contribution is 6.30. The van der Waals surface area contributed by atoms with Gasteiger partial charge in [0.15, 0.2) is 0 Å². The van der Waals surface area contributed by atoms with E-state index in [-0.39, 0.29) is 11.9 Å². The average molecular weight is 394 g/mol. The van der Waals surface area contributed by atoms with Crippen LogP contribution in [0.15, 0.2) is 59.7 Å². The van der Waals surface area contributed by atoms with Crippen LogP contribution in [0.2, 0.25) is 5.15 Å². The first-order valence-corrected chi connectivity index (χ1v) is 9.57. The summed E-state index contributed by atoms with van der Waals surface area (Å²) in [4.78, 5) is 17.1. The number of halogens is 1. The fourth-order valence-electron chi connectivity index (χ4n) is 3.45. The molecular formula is C22H20ClN3O2. The standard InChI is InChI=1S/C22H20ClN3O2/c1-3-21(27)26-20(13-19(25-26)14-7-5-4-6-8-14)17-11-15-9-10-16(28-2)12-18(15)24-22(17)23/h4-12,20H,3,13H2,1-2H3. The van der Waals surface area contributed by atoms with Crippen molar-refractivity contribution in [1.82, 2.24) is 9.99 Å². The summed E-state index contributed by atoms with van der Waals surface area (Å²) >= 11 is 6.54. The fraction of sp³-hybridized carbons (Fsp3) is 0.227. The SMILES string of the molecule is CCC(=O)N1N=C(c2ccccc2)CC1c1cc2ccc(OC)cc2nc1Cl. The number of hydrogen-bond acceptors (Lipinski definition) is 4. The van der Waals surface area contributed by atoms with Crippen LogP contribution in [-0.2, 0) is 4.79 Å². The Balaban J connectivity index is 1.76. The van der Waals surface area contributed by atoms with E-state index in [9.17, 15) is 4.79 Å². The number of carbonyl (C=O) groups is 1. The van der Waals surface area contributed by atoms with Gasteiger partial charge in [-0.3, -0.25) is 4.79 Å².